The molecule has 0 aliphatic heterocycles. The summed E-state index contributed by atoms with van der Waals surface area (Å²) >= 11 is 0. The quantitative estimate of drug-likeness (QED) is 0.162. The molecule has 0 fully saturated rings. The van der Waals surface area contributed by atoms with E-state index in [2.05, 4.69) is 199 Å². The first-order valence-electron chi connectivity index (χ1n) is 20.4. The van der Waals surface area contributed by atoms with Crippen molar-refractivity contribution in [3.05, 3.63) is 227 Å². The lowest BCUT2D eigenvalue weighted by Crippen LogP contribution is -2.25. The Kier molecular flexibility index (Phi) is 5.85. The van der Waals surface area contributed by atoms with Crippen molar-refractivity contribution in [2.24, 2.45) is 0 Å². The van der Waals surface area contributed by atoms with Crippen molar-refractivity contribution < 1.29 is 0 Å². The van der Waals surface area contributed by atoms with Crippen LogP contribution in [0.25, 0.3) is 98.8 Å². The monoisotopic (exact) mass is 748 g/mol. The lowest BCUT2D eigenvalue weighted by atomic mass is 9.70. The molecule has 2 aliphatic carbocycles. The van der Waals surface area contributed by atoms with Crippen LogP contribution in [0.2, 0.25) is 0 Å². The van der Waals surface area contributed by atoms with Gasteiger partial charge >= 0.3 is 0 Å². The third kappa shape index (κ3) is 3.72. The highest BCUT2D eigenvalue weighted by atomic mass is 16.1. The number of rotatable bonds is 2. The fourth-order valence-electron chi connectivity index (χ4n) is 11.4. The van der Waals surface area contributed by atoms with Crippen molar-refractivity contribution in [1.29, 1.82) is 0 Å². The van der Waals surface area contributed by atoms with E-state index in [9.17, 15) is 0 Å². The van der Waals surface area contributed by atoms with Gasteiger partial charge in [0.2, 0.25) is 0 Å². The molecular weight excluding hydrogens is 717 g/mol. The molecule has 1 spiro atoms. The van der Waals surface area contributed by atoms with Gasteiger partial charge in [0.1, 0.15) is 0 Å². The van der Waals surface area contributed by atoms with Crippen molar-refractivity contribution in [1.82, 2.24) is 8.97 Å². The molecule has 0 unspecified atom stereocenters. The average Bonchev–Trinajstić information content (AvgIpc) is 4.01. The maximum absolute atomic E-state index is 15.3. The van der Waals surface area contributed by atoms with Gasteiger partial charge in [-0.3, -0.25) is 9.20 Å². The van der Waals surface area contributed by atoms with E-state index in [-0.39, 0.29) is 5.56 Å². The minimum Gasteiger partial charge on any atom is -0.309 e. The Hall–Kier alpha value is -7.75. The number of hydrogen-bond acceptors (Lipinski definition) is 1. The molecule has 12 aromatic rings. The zero-order chi connectivity index (χ0) is 38.6. The standard InChI is InChI=1S/C56H32N2O/c59-55-42-27-25-33(34-26-30-51-45(32-34)38-17-7-11-24-50(38)57(51)35-13-2-1-3-14-35)31-44(42)40-20-12-19-39-41-28-29-49-52(54(41)58(55)53(39)40)43-18-6-10-23-48(43)56(49)46-21-8-4-15-36(46)37-16-5-9-22-47(37)56/h1-32H. The summed E-state index contributed by atoms with van der Waals surface area (Å²) in [6.07, 6.45) is 0. The van der Waals surface area contributed by atoms with Crippen molar-refractivity contribution in [2.45, 2.75) is 5.41 Å². The molecule has 0 saturated carbocycles. The number of pyridine rings is 1. The van der Waals surface area contributed by atoms with Gasteiger partial charge in [-0.1, -0.05) is 152 Å². The van der Waals surface area contributed by atoms with Gasteiger partial charge in [0.15, 0.2) is 0 Å². The lowest BCUT2D eigenvalue weighted by molar-refractivity contribution is 0.794. The average molecular weight is 749 g/mol. The Morgan fingerprint density at radius 3 is 1.66 bits per heavy atom. The van der Waals surface area contributed by atoms with Crippen LogP contribution < -0.4 is 5.56 Å². The molecule has 14 rings (SSSR count). The summed E-state index contributed by atoms with van der Waals surface area (Å²) in [5.74, 6) is 0. The topological polar surface area (TPSA) is 26.4 Å². The number of fused-ring (bicyclic) bond motifs is 19. The summed E-state index contributed by atoms with van der Waals surface area (Å²) in [5, 5.41) is 7.42. The van der Waals surface area contributed by atoms with E-state index in [4.69, 9.17) is 0 Å². The molecule has 3 heteroatoms. The van der Waals surface area contributed by atoms with Crippen LogP contribution in [0.1, 0.15) is 22.3 Å². The minimum atomic E-state index is -0.480. The van der Waals surface area contributed by atoms with E-state index in [1.165, 1.54) is 60.8 Å². The zero-order valence-electron chi connectivity index (χ0n) is 31.8. The third-order valence-corrected chi connectivity index (χ3v) is 13.7. The number of para-hydroxylation sites is 3. The van der Waals surface area contributed by atoms with E-state index in [0.29, 0.717) is 0 Å². The summed E-state index contributed by atoms with van der Waals surface area (Å²) in [5.41, 5.74) is 17.2. The molecule has 0 bridgehead atoms. The summed E-state index contributed by atoms with van der Waals surface area (Å²) in [4.78, 5) is 15.3. The Bertz CT molecular complexity index is 3820. The van der Waals surface area contributed by atoms with Crippen LogP contribution >= 0.6 is 0 Å². The van der Waals surface area contributed by atoms with Crippen molar-refractivity contribution in [3.63, 3.8) is 0 Å². The van der Waals surface area contributed by atoms with E-state index in [1.54, 1.807) is 0 Å². The number of aromatic nitrogens is 2. The normalized spacial score (nSPS) is 13.6. The summed E-state index contributed by atoms with van der Waals surface area (Å²) < 4.78 is 4.40. The maximum atomic E-state index is 15.3. The Morgan fingerprint density at radius 1 is 0.356 bits per heavy atom. The van der Waals surface area contributed by atoms with E-state index >= 15 is 4.79 Å². The Morgan fingerprint density at radius 2 is 0.898 bits per heavy atom. The highest BCUT2D eigenvalue weighted by Crippen LogP contribution is 2.64. The fourth-order valence-corrected chi connectivity index (χ4v) is 11.4. The van der Waals surface area contributed by atoms with Crippen molar-refractivity contribution >= 4 is 59.8 Å². The third-order valence-electron chi connectivity index (χ3n) is 13.7. The predicted octanol–water partition coefficient (Wildman–Crippen LogP) is 13.3. The van der Waals surface area contributed by atoms with Crippen molar-refractivity contribution in [3.8, 4) is 39.1 Å². The zero-order valence-corrected chi connectivity index (χ0v) is 31.8. The maximum Gasteiger partial charge on any atom is 0.263 e. The molecule has 3 nitrogen and oxygen atoms in total. The van der Waals surface area contributed by atoms with Gasteiger partial charge in [-0.15, -0.1) is 0 Å². The summed E-state index contributed by atoms with van der Waals surface area (Å²) in [6, 6.07) is 70.3. The molecular formula is C56H32N2O. The molecule has 3 heterocycles. The molecule has 0 atom stereocenters. The van der Waals surface area contributed by atoms with Crippen LogP contribution in [0, 0.1) is 0 Å². The molecule has 3 aromatic heterocycles. The largest absolute Gasteiger partial charge is 0.309 e. The molecule has 0 saturated heterocycles. The molecule has 0 N–H and O–H groups in total. The SMILES string of the molecule is O=c1c2ccc(-c3ccc4c(c3)c3ccccc3n4-c3ccccc3)cc2c2cccc3c4ccc5c(c4n1c23)-c1ccccc1C51c2ccccc2-c2ccccc21. The molecule has 9 aromatic carbocycles. The second-order valence-electron chi connectivity index (χ2n) is 16.3. The highest BCUT2D eigenvalue weighted by molar-refractivity contribution is 6.23. The van der Waals surface area contributed by atoms with Gasteiger partial charge in [0.25, 0.3) is 5.56 Å². The van der Waals surface area contributed by atoms with Crippen LogP contribution in [0.3, 0.4) is 0 Å². The van der Waals surface area contributed by atoms with Gasteiger partial charge in [-0.25, -0.2) is 0 Å². The predicted molar refractivity (Wildman–Crippen MR) is 243 cm³/mol. The van der Waals surface area contributed by atoms with E-state index in [1.807, 2.05) is 4.40 Å². The van der Waals surface area contributed by atoms with E-state index < -0.39 is 5.41 Å². The van der Waals surface area contributed by atoms with Gasteiger partial charge in [0.05, 0.1) is 27.5 Å². The first kappa shape index (κ1) is 31.3. The van der Waals surface area contributed by atoms with Gasteiger partial charge in [-0.05, 0) is 97.9 Å². The Balaban J connectivity index is 1.04. The van der Waals surface area contributed by atoms with Crippen LogP contribution in [-0.2, 0) is 5.41 Å². The second-order valence-corrected chi connectivity index (χ2v) is 16.3. The highest BCUT2D eigenvalue weighted by Gasteiger charge is 2.52. The van der Waals surface area contributed by atoms with Gasteiger partial charge in [0, 0.05) is 43.6 Å². The first-order valence-corrected chi connectivity index (χ1v) is 20.4. The summed E-state index contributed by atoms with van der Waals surface area (Å²) in [7, 11) is 0. The molecule has 0 amide bonds. The Labute approximate surface area is 338 Å². The van der Waals surface area contributed by atoms with Crippen LogP contribution in [0.5, 0.6) is 0 Å². The molecule has 59 heavy (non-hydrogen) atoms. The summed E-state index contributed by atoms with van der Waals surface area (Å²) in [6.45, 7) is 0. The van der Waals surface area contributed by atoms with E-state index in [0.717, 1.165) is 60.3 Å². The van der Waals surface area contributed by atoms with Gasteiger partial charge < -0.3 is 4.57 Å². The van der Waals surface area contributed by atoms with Crippen LogP contribution in [-0.4, -0.2) is 8.97 Å². The smallest absolute Gasteiger partial charge is 0.263 e. The molecule has 0 radical (unpaired) electrons. The van der Waals surface area contributed by atoms with Crippen LogP contribution in [0.4, 0.5) is 0 Å². The second kappa shape index (κ2) is 11.0. The molecule has 2 aliphatic rings. The van der Waals surface area contributed by atoms with Gasteiger partial charge in [-0.2, -0.15) is 0 Å². The minimum absolute atomic E-state index is 0.0192. The number of benzene rings is 9. The first-order chi connectivity index (χ1) is 29.2. The number of nitrogens with zero attached hydrogens (tertiary/aromatic N) is 2. The lowest BCUT2D eigenvalue weighted by Gasteiger charge is -2.30. The number of hydrogen-bond donors (Lipinski definition) is 0. The van der Waals surface area contributed by atoms with Crippen LogP contribution in [0.15, 0.2) is 199 Å². The molecule has 272 valence electrons. The van der Waals surface area contributed by atoms with Crippen molar-refractivity contribution in [2.75, 3.05) is 0 Å². The fraction of sp³-hybridized carbons (Fsp3) is 0.0179.